The molecule has 0 aromatic heterocycles. The Labute approximate surface area is 200 Å². The molecule has 1 aliphatic carbocycles. The van der Waals surface area contributed by atoms with Crippen LogP contribution in [0.5, 0.6) is 5.75 Å². The summed E-state index contributed by atoms with van der Waals surface area (Å²) in [5, 5.41) is 31.1. The highest BCUT2D eigenvalue weighted by molar-refractivity contribution is 5.36. The Hall–Kier alpha value is -2.99. The lowest BCUT2D eigenvalue weighted by Crippen LogP contribution is -2.53. The predicted octanol–water partition coefficient (Wildman–Crippen LogP) is 3.36. The molecule has 2 aliphatic rings. The van der Waals surface area contributed by atoms with Crippen molar-refractivity contribution in [3.63, 3.8) is 0 Å². The molecular formula is C26H32N4O4. The van der Waals surface area contributed by atoms with Crippen LogP contribution in [0, 0.1) is 21.4 Å². The summed E-state index contributed by atoms with van der Waals surface area (Å²) in [4.78, 5) is 15.1. The van der Waals surface area contributed by atoms with Crippen molar-refractivity contribution in [3.8, 4) is 11.8 Å². The van der Waals surface area contributed by atoms with E-state index in [9.17, 15) is 20.5 Å². The molecule has 1 atom stereocenters. The van der Waals surface area contributed by atoms with E-state index in [1.165, 1.54) is 12.1 Å². The van der Waals surface area contributed by atoms with Crippen LogP contribution in [0.2, 0.25) is 0 Å². The Morgan fingerprint density at radius 1 is 1.09 bits per heavy atom. The van der Waals surface area contributed by atoms with Gasteiger partial charge in [0.25, 0.3) is 5.69 Å². The fourth-order valence-electron chi connectivity index (χ4n) is 5.20. The summed E-state index contributed by atoms with van der Waals surface area (Å²) < 4.78 is 5.59. The van der Waals surface area contributed by atoms with Crippen molar-refractivity contribution in [2.45, 2.75) is 43.2 Å². The van der Waals surface area contributed by atoms with Crippen molar-refractivity contribution in [2.75, 3.05) is 39.3 Å². The summed E-state index contributed by atoms with van der Waals surface area (Å²) in [5.74, 6) is 0.510. The predicted molar refractivity (Wildman–Crippen MR) is 129 cm³/mol. The van der Waals surface area contributed by atoms with Crippen LogP contribution in [0.25, 0.3) is 0 Å². The number of benzene rings is 2. The number of nitrogens with zero attached hydrogens (tertiary/aromatic N) is 4. The van der Waals surface area contributed by atoms with E-state index in [0.717, 1.165) is 57.4 Å². The number of β-amino-alcohol motifs (C(OH)–C–C–N with tert-alkyl or cyclic N) is 1. The third-order valence-corrected chi connectivity index (χ3v) is 7.23. The van der Waals surface area contributed by atoms with E-state index in [-0.39, 0.29) is 17.7 Å². The Bertz CT molecular complexity index is 976. The molecule has 4 rings (SSSR count). The average Bonchev–Trinajstić information content (AvgIpc) is 2.89. The molecule has 8 nitrogen and oxygen atoms in total. The van der Waals surface area contributed by atoms with Gasteiger partial charge in [0, 0.05) is 50.9 Å². The number of nitro benzene ring substituents is 1. The fourth-order valence-corrected chi connectivity index (χ4v) is 5.20. The summed E-state index contributed by atoms with van der Waals surface area (Å²) in [6.07, 6.45) is 3.25. The number of nitriles is 1. The van der Waals surface area contributed by atoms with Crippen molar-refractivity contribution in [1.29, 1.82) is 5.26 Å². The third kappa shape index (κ3) is 5.73. The second kappa shape index (κ2) is 11.0. The van der Waals surface area contributed by atoms with Crippen LogP contribution in [-0.4, -0.2) is 71.3 Å². The van der Waals surface area contributed by atoms with E-state index in [4.69, 9.17) is 4.74 Å². The highest BCUT2D eigenvalue weighted by Crippen LogP contribution is 2.40. The molecular weight excluding hydrogens is 432 g/mol. The molecule has 1 heterocycles. The number of non-ortho nitro benzene ring substituents is 1. The molecule has 0 amide bonds. The zero-order chi connectivity index (χ0) is 24.0. The van der Waals surface area contributed by atoms with Crippen LogP contribution in [0.1, 0.15) is 31.2 Å². The van der Waals surface area contributed by atoms with Gasteiger partial charge in [0.2, 0.25) is 0 Å². The summed E-state index contributed by atoms with van der Waals surface area (Å²) in [6, 6.07) is 19.2. The van der Waals surface area contributed by atoms with Gasteiger partial charge in [0.15, 0.2) is 0 Å². The maximum absolute atomic E-state index is 10.7. The largest absolute Gasteiger partial charge is 0.491 e. The number of piperazine rings is 1. The van der Waals surface area contributed by atoms with Gasteiger partial charge < -0.3 is 9.84 Å². The number of hydrogen-bond acceptors (Lipinski definition) is 7. The van der Waals surface area contributed by atoms with Gasteiger partial charge in [0.05, 0.1) is 16.4 Å². The molecule has 8 heteroatoms. The molecule has 0 radical (unpaired) electrons. The quantitative estimate of drug-likeness (QED) is 0.472. The van der Waals surface area contributed by atoms with Crippen molar-refractivity contribution in [3.05, 3.63) is 70.3 Å². The molecule has 2 fully saturated rings. The van der Waals surface area contributed by atoms with Crippen LogP contribution in [-0.2, 0) is 5.41 Å². The van der Waals surface area contributed by atoms with Crippen molar-refractivity contribution in [1.82, 2.24) is 9.80 Å². The van der Waals surface area contributed by atoms with Crippen molar-refractivity contribution in [2.24, 2.45) is 0 Å². The molecule has 1 saturated carbocycles. The number of ether oxygens (including phenoxy) is 1. The highest BCUT2D eigenvalue weighted by Gasteiger charge is 2.39. The Kier molecular flexibility index (Phi) is 7.78. The van der Waals surface area contributed by atoms with Crippen LogP contribution >= 0.6 is 0 Å². The van der Waals surface area contributed by atoms with Gasteiger partial charge in [-0.3, -0.25) is 19.9 Å². The first-order chi connectivity index (χ1) is 16.5. The summed E-state index contributed by atoms with van der Waals surface area (Å²) in [6.45, 7) is 4.41. The van der Waals surface area contributed by atoms with E-state index in [1.54, 1.807) is 12.1 Å². The number of rotatable bonds is 8. The van der Waals surface area contributed by atoms with Crippen molar-refractivity contribution >= 4 is 5.69 Å². The molecule has 1 aliphatic heterocycles. The van der Waals surface area contributed by atoms with Gasteiger partial charge >= 0.3 is 0 Å². The van der Waals surface area contributed by atoms with E-state index in [1.807, 2.05) is 18.2 Å². The van der Waals surface area contributed by atoms with Crippen LogP contribution in [0.4, 0.5) is 5.69 Å². The summed E-state index contributed by atoms with van der Waals surface area (Å²) in [7, 11) is 0. The maximum Gasteiger partial charge on any atom is 0.269 e. The number of hydrogen-bond donors (Lipinski definition) is 1. The minimum Gasteiger partial charge on any atom is -0.491 e. The standard InChI is InChI=1S/C26H32N4O4/c27-20-26(21-4-2-1-3-5-21)12-10-22(11-13-26)29-16-14-28(15-17-29)18-24(31)19-34-25-8-6-23(7-9-25)30(32)33/h1-9,22,24,31H,10-19H2/t22-,24?,26-. The minimum atomic E-state index is -0.626. The number of nitro groups is 1. The lowest BCUT2D eigenvalue weighted by molar-refractivity contribution is -0.384. The normalized spacial score (nSPS) is 24.8. The SMILES string of the molecule is N#C[C@]1(c2ccccc2)CC[C@H](N2CCN(CC(O)COc3ccc([N+](=O)[O-])cc3)CC2)CC1. The molecule has 1 N–H and O–H groups in total. The first kappa shape index (κ1) is 24.1. The van der Waals surface area contributed by atoms with Gasteiger partial charge in [0.1, 0.15) is 18.5 Å². The molecule has 0 spiro atoms. The Morgan fingerprint density at radius 2 is 1.74 bits per heavy atom. The maximum atomic E-state index is 10.7. The monoisotopic (exact) mass is 464 g/mol. The second-order valence-corrected chi connectivity index (χ2v) is 9.34. The van der Waals surface area contributed by atoms with Crippen molar-refractivity contribution < 1.29 is 14.8 Å². The van der Waals surface area contributed by atoms with E-state index in [2.05, 4.69) is 28.0 Å². The van der Waals surface area contributed by atoms with Gasteiger partial charge in [-0.05, 0) is 43.4 Å². The lowest BCUT2D eigenvalue weighted by atomic mass is 9.69. The third-order valence-electron chi connectivity index (χ3n) is 7.23. The van der Waals surface area contributed by atoms with Gasteiger partial charge in [-0.2, -0.15) is 5.26 Å². The molecule has 2 aromatic rings. The second-order valence-electron chi connectivity index (χ2n) is 9.34. The zero-order valence-corrected chi connectivity index (χ0v) is 19.4. The van der Waals surface area contributed by atoms with Gasteiger partial charge in [-0.1, -0.05) is 30.3 Å². The first-order valence-corrected chi connectivity index (χ1v) is 12.0. The fraction of sp³-hybridized carbons (Fsp3) is 0.500. The topological polar surface area (TPSA) is 103 Å². The minimum absolute atomic E-state index is 0.0158. The Balaban J connectivity index is 1.19. The Morgan fingerprint density at radius 3 is 2.32 bits per heavy atom. The zero-order valence-electron chi connectivity index (χ0n) is 19.4. The molecule has 1 saturated heterocycles. The van der Waals surface area contributed by atoms with Crippen LogP contribution in [0.15, 0.2) is 54.6 Å². The van der Waals surface area contributed by atoms with Gasteiger partial charge in [-0.15, -0.1) is 0 Å². The molecule has 0 bridgehead atoms. The summed E-state index contributed by atoms with van der Waals surface area (Å²) >= 11 is 0. The summed E-state index contributed by atoms with van der Waals surface area (Å²) in [5.41, 5.74) is 0.806. The first-order valence-electron chi connectivity index (χ1n) is 12.0. The molecule has 34 heavy (non-hydrogen) atoms. The highest BCUT2D eigenvalue weighted by atomic mass is 16.6. The molecule has 1 unspecified atom stereocenters. The molecule has 180 valence electrons. The smallest absolute Gasteiger partial charge is 0.269 e. The van der Waals surface area contributed by atoms with Crippen LogP contribution in [0.3, 0.4) is 0 Å². The van der Waals surface area contributed by atoms with E-state index < -0.39 is 11.0 Å². The lowest BCUT2D eigenvalue weighted by Gasteiger charge is -2.44. The van der Waals surface area contributed by atoms with E-state index in [0.29, 0.717) is 18.3 Å². The average molecular weight is 465 g/mol. The number of aliphatic hydroxyl groups excluding tert-OH is 1. The van der Waals surface area contributed by atoms with Crippen LogP contribution < -0.4 is 4.74 Å². The molecule has 2 aromatic carbocycles. The van der Waals surface area contributed by atoms with Gasteiger partial charge in [-0.25, -0.2) is 0 Å². The van der Waals surface area contributed by atoms with E-state index >= 15 is 0 Å². The number of aliphatic hydroxyl groups is 1.